The van der Waals surface area contributed by atoms with Gasteiger partial charge in [-0.3, -0.25) is 9.69 Å². The molecule has 0 heterocycles. The third-order valence-electron chi connectivity index (χ3n) is 4.06. The van der Waals surface area contributed by atoms with Gasteiger partial charge in [0.25, 0.3) is 5.91 Å². The molecule has 1 N–H and O–H groups in total. The topological polar surface area (TPSA) is 41.6 Å². The molecule has 0 fully saturated rings. The largest absolute Gasteiger partial charge is 0.483 e. The average molecular weight is 394 g/mol. The molecule has 28 heavy (non-hydrogen) atoms. The molecule has 152 valence electrons. The normalized spacial score (nSPS) is 11.5. The summed E-state index contributed by atoms with van der Waals surface area (Å²) < 4.78 is 42.4. The van der Waals surface area contributed by atoms with E-state index in [-0.39, 0.29) is 19.1 Å². The summed E-state index contributed by atoms with van der Waals surface area (Å²) in [6.45, 7) is -0.539. The Bertz CT molecular complexity index is 736. The Hall–Kier alpha value is -2.54. The number of rotatable bonds is 10. The van der Waals surface area contributed by atoms with Crippen LogP contribution in [-0.4, -0.2) is 50.3 Å². The number of nitrogens with one attached hydrogen (secondary N) is 1. The molecule has 7 heteroatoms. The molecule has 2 aromatic carbocycles. The van der Waals surface area contributed by atoms with Crippen LogP contribution in [0.2, 0.25) is 0 Å². The van der Waals surface area contributed by atoms with Gasteiger partial charge in [0.05, 0.1) is 6.54 Å². The lowest BCUT2D eigenvalue weighted by Gasteiger charge is -2.18. The molecule has 0 unspecified atom stereocenters. The monoisotopic (exact) mass is 394 g/mol. The SMILES string of the molecule is CN(CCCNC(=O)COc1ccccc1Cc1ccccc1)CC(F)(F)F. The highest BCUT2D eigenvalue weighted by molar-refractivity contribution is 5.77. The fourth-order valence-corrected chi connectivity index (χ4v) is 2.76. The van der Waals surface area contributed by atoms with Gasteiger partial charge in [-0.15, -0.1) is 0 Å². The second kappa shape index (κ2) is 10.7. The molecule has 1 amide bonds. The second-order valence-electron chi connectivity index (χ2n) is 6.62. The molecule has 0 spiro atoms. The number of carbonyl (C=O) groups is 1. The Balaban J connectivity index is 1.73. The minimum Gasteiger partial charge on any atom is -0.483 e. The summed E-state index contributed by atoms with van der Waals surface area (Å²) in [4.78, 5) is 13.1. The van der Waals surface area contributed by atoms with Gasteiger partial charge in [0, 0.05) is 13.0 Å². The highest BCUT2D eigenvalue weighted by Crippen LogP contribution is 2.21. The predicted octanol–water partition coefficient (Wildman–Crippen LogP) is 3.66. The number of hydrogen-bond donors (Lipinski definition) is 1. The number of nitrogens with zero attached hydrogens (tertiary/aromatic N) is 1. The number of alkyl halides is 3. The molecule has 0 bridgehead atoms. The Morgan fingerprint density at radius 1 is 1.07 bits per heavy atom. The van der Waals surface area contributed by atoms with E-state index in [1.807, 2.05) is 54.6 Å². The van der Waals surface area contributed by atoms with Crippen molar-refractivity contribution in [3.05, 3.63) is 65.7 Å². The Kier molecular flexibility index (Phi) is 8.32. The molecule has 0 aliphatic rings. The van der Waals surface area contributed by atoms with Gasteiger partial charge in [-0.1, -0.05) is 48.5 Å². The van der Waals surface area contributed by atoms with Crippen molar-refractivity contribution in [2.24, 2.45) is 0 Å². The highest BCUT2D eigenvalue weighted by atomic mass is 19.4. The first-order valence-corrected chi connectivity index (χ1v) is 9.10. The van der Waals surface area contributed by atoms with E-state index in [4.69, 9.17) is 4.74 Å². The van der Waals surface area contributed by atoms with Crippen molar-refractivity contribution in [3.63, 3.8) is 0 Å². The van der Waals surface area contributed by atoms with Crippen LogP contribution in [-0.2, 0) is 11.2 Å². The molecule has 0 aliphatic carbocycles. The number of ether oxygens (including phenoxy) is 1. The summed E-state index contributed by atoms with van der Waals surface area (Å²) in [7, 11) is 1.40. The highest BCUT2D eigenvalue weighted by Gasteiger charge is 2.28. The molecule has 2 aromatic rings. The fourth-order valence-electron chi connectivity index (χ4n) is 2.76. The van der Waals surface area contributed by atoms with Crippen LogP contribution in [0.15, 0.2) is 54.6 Å². The van der Waals surface area contributed by atoms with Crippen molar-refractivity contribution < 1.29 is 22.7 Å². The van der Waals surface area contributed by atoms with Crippen LogP contribution in [0.4, 0.5) is 13.2 Å². The van der Waals surface area contributed by atoms with Crippen LogP contribution in [0, 0.1) is 0 Å². The summed E-state index contributed by atoms with van der Waals surface area (Å²) in [6, 6.07) is 17.5. The van der Waals surface area contributed by atoms with Crippen molar-refractivity contribution in [1.82, 2.24) is 10.2 Å². The Labute approximate surface area is 163 Å². The van der Waals surface area contributed by atoms with Crippen molar-refractivity contribution in [2.45, 2.75) is 19.0 Å². The number of amides is 1. The second-order valence-corrected chi connectivity index (χ2v) is 6.62. The molecular weight excluding hydrogens is 369 g/mol. The number of halogens is 3. The Morgan fingerprint density at radius 2 is 1.75 bits per heavy atom. The van der Waals surface area contributed by atoms with Crippen LogP contribution in [0.25, 0.3) is 0 Å². The summed E-state index contributed by atoms with van der Waals surface area (Å²) >= 11 is 0. The van der Waals surface area contributed by atoms with Crippen molar-refractivity contribution in [2.75, 3.05) is 33.3 Å². The maximum Gasteiger partial charge on any atom is 0.401 e. The molecule has 4 nitrogen and oxygen atoms in total. The smallest absolute Gasteiger partial charge is 0.401 e. The molecule has 0 aromatic heterocycles. The molecule has 0 saturated carbocycles. The van der Waals surface area contributed by atoms with E-state index in [1.54, 1.807) is 0 Å². The number of para-hydroxylation sites is 1. The van der Waals surface area contributed by atoms with Crippen LogP contribution in [0.5, 0.6) is 5.75 Å². The first kappa shape index (κ1) is 21.8. The average Bonchev–Trinajstić information content (AvgIpc) is 2.64. The minimum atomic E-state index is -4.21. The van der Waals surface area contributed by atoms with Crippen molar-refractivity contribution in [3.8, 4) is 5.75 Å². The van der Waals surface area contributed by atoms with Crippen molar-refractivity contribution >= 4 is 5.91 Å². The summed E-state index contributed by atoms with van der Waals surface area (Å²) in [5, 5.41) is 2.67. The standard InChI is InChI=1S/C21H25F3N2O2/c1-26(16-21(22,23)24)13-7-12-25-20(27)15-28-19-11-6-5-10-18(19)14-17-8-3-2-4-9-17/h2-6,8-11H,7,12-16H2,1H3,(H,25,27). The lowest BCUT2D eigenvalue weighted by molar-refractivity contribution is -0.143. The van der Waals surface area contributed by atoms with Gasteiger partial charge in [0.2, 0.25) is 0 Å². The third-order valence-corrected chi connectivity index (χ3v) is 4.06. The molecule has 2 rings (SSSR count). The van der Waals surface area contributed by atoms with E-state index in [9.17, 15) is 18.0 Å². The first-order chi connectivity index (χ1) is 13.3. The zero-order valence-electron chi connectivity index (χ0n) is 15.8. The third kappa shape index (κ3) is 8.43. The number of carbonyl (C=O) groups excluding carboxylic acids is 1. The first-order valence-electron chi connectivity index (χ1n) is 9.10. The minimum absolute atomic E-state index is 0.135. The van der Waals surface area contributed by atoms with E-state index in [0.717, 1.165) is 11.1 Å². The quantitative estimate of drug-likeness (QED) is 0.626. The van der Waals surface area contributed by atoms with Crippen molar-refractivity contribution in [1.29, 1.82) is 0 Å². The maximum absolute atomic E-state index is 12.2. The predicted molar refractivity (Wildman–Crippen MR) is 102 cm³/mol. The van der Waals surface area contributed by atoms with Gasteiger partial charge in [0.1, 0.15) is 5.75 Å². The molecule has 0 saturated heterocycles. The van der Waals surface area contributed by atoms with Crippen LogP contribution in [0.3, 0.4) is 0 Å². The van der Waals surface area contributed by atoms with Gasteiger partial charge in [-0.2, -0.15) is 13.2 Å². The van der Waals surface area contributed by atoms with Crippen LogP contribution in [0.1, 0.15) is 17.5 Å². The molecular formula is C21H25F3N2O2. The van der Waals surface area contributed by atoms with Gasteiger partial charge in [-0.25, -0.2) is 0 Å². The van der Waals surface area contributed by atoms with Crippen LogP contribution >= 0.6 is 0 Å². The van der Waals surface area contributed by atoms with Gasteiger partial charge in [0.15, 0.2) is 6.61 Å². The summed E-state index contributed by atoms with van der Waals surface area (Å²) in [6.07, 6.45) is -3.08. The number of benzene rings is 2. The Morgan fingerprint density at radius 3 is 2.46 bits per heavy atom. The van der Waals surface area contributed by atoms with E-state index >= 15 is 0 Å². The van der Waals surface area contributed by atoms with E-state index in [0.29, 0.717) is 25.1 Å². The maximum atomic E-state index is 12.2. The summed E-state index contributed by atoms with van der Waals surface area (Å²) in [5.74, 6) is 0.347. The van der Waals surface area contributed by atoms with E-state index < -0.39 is 12.7 Å². The van der Waals surface area contributed by atoms with Gasteiger partial charge >= 0.3 is 6.18 Å². The van der Waals surface area contributed by atoms with Gasteiger partial charge in [-0.05, 0) is 37.2 Å². The van der Waals surface area contributed by atoms with Crippen LogP contribution < -0.4 is 10.1 Å². The number of hydrogen-bond acceptors (Lipinski definition) is 3. The van der Waals surface area contributed by atoms with E-state index in [2.05, 4.69) is 5.32 Å². The summed E-state index contributed by atoms with van der Waals surface area (Å²) in [5.41, 5.74) is 2.13. The fraction of sp³-hybridized carbons (Fsp3) is 0.381. The molecule has 0 radical (unpaired) electrons. The lowest BCUT2D eigenvalue weighted by Crippen LogP contribution is -2.35. The zero-order chi connectivity index (χ0) is 20.4. The zero-order valence-corrected chi connectivity index (χ0v) is 15.8. The lowest BCUT2D eigenvalue weighted by atomic mass is 10.0. The molecule has 0 aliphatic heterocycles. The van der Waals surface area contributed by atoms with Gasteiger partial charge < -0.3 is 10.1 Å². The molecule has 0 atom stereocenters. The van der Waals surface area contributed by atoms with E-state index in [1.165, 1.54) is 11.9 Å².